The lowest BCUT2D eigenvalue weighted by Gasteiger charge is -2.32. The lowest BCUT2D eigenvalue weighted by molar-refractivity contribution is -0.126. The second kappa shape index (κ2) is 11.1. The minimum absolute atomic E-state index is 0.121. The number of rotatable bonds is 8. The topological polar surface area (TPSA) is 75.7 Å². The molecule has 1 aliphatic rings. The molecular formula is C24H30Cl2N2O4S. The van der Waals surface area contributed by atoms with Crippen molar-refractivity contribution in [3.8, 4) is 5.75 Å². The van der Waals surface area contributed by atoms with Crippen LogP contribution < -0.4 is 10.1 Å². The van der Waals surface area contributed by atoms with E-state index in [1.165, 1.54) is 4.31 Å². The highest BCUT2D eigenvalue weighted by atomic mass is 35.5. The summed E-state index contributed by atoms with van der Waals surface area (Å²) in [7, 11) is -1.96. The average Bonchev–Trinajstić information content (AvgIpc) is 2.79. The fourth-order valence-electron chi connectivity index (χ4n) is 4.17. The lowest BCUT2D eigenvalue weighted by Crippen LogP contribution is -2.46. The molecule has 180 valence electrons. The number of ether oxygens (including phenoxy) is 1. The number of benzene rings is 2. The van der Waals surface area contributed by atoms with Crippen LogP contribution in [0, 0.1) is 12.8 Å². The van der Waals surface area contributed by atoms with Crippen LogP contribution in [0.4, 0.5) is 0 Å². The first-order valence-corrected chi connectivity index (χ1v) is 13.4. The van der Waals surface area contributed by atoms with E-state index in [1.54, 1.807) is 25.3 Å². The molecule has 0 saturated carbocycles. The van der Waals surface area contributed by atoms with Gasteiger partial charge in [0.25, 0.3) is 0 Å². The maximum absolute atomic E-state index is 13.1. The number of carbonyl (C=O) groups is 1. The minimum atomic E-state index is -3.59. The molecule has 1 aliphatic heterocycles. The summed E-state index contributed by atoms with van der Waals surface area (Å²) in [6.07, 6.45) is 2.02. The molecule has 1 heterocycles. The predicted octanol–water partition coefficient (Wildman–Crippen LogP) is 5.12. The van der Waals surface area contributed by atoms with Gasteiger partial charge in [-0.2, -0.15) is 0 Å². The van der Waals surface area contributed by atoms with E-state index in [0.29, 0.717) is 35.0 Å². The van der Waals surface area contributed by atoms with Gasteiger partial charge < -0.3 is 10.1 Å². The summed E-state index contributed by atoms with van der Waals surface area (Å²) in [4.78, 5) is 13.1. The zero-order valence-electron chi connectivity index (χ0n) is 19.1. The normalized spacial score (nSPS) is 18.0. The highest BCUT2D eigenvalue weighted by molar-refractivity contribution is 7.88. The Hall–Kier alpha value is -1.80. The molecule has 0 radical (unpaired) electrons. The molecule has 9 heteroatoms. The summed E-state index contributed by atoms with van der Waals surface area (Å²) in [6, 6.07) is 10.5. The Morgan fingerprint density at radius 3 is 2.61 bits per heavy atom. The number of halogens is 2. The van der Waals surface area contributed by atoms with Crippen LogP contribution >= 0.6 is 23.2 Å². The summed E-state index contributed by atoms with van der Waals surface area (Å²) in [5.74, 6) is 0.108. The van der Waals surface area contributed by atoms with Crippen molar-refractivity contribution in [1.29, 1.82) is 0 Å². The lowest BCUT2D eigenvalue weighted by atomic mass is 9.96. The third-order valence-electron chi connectivity index (χ3n) is 6.03. The van der Waals surface area contributed by atoms with Gasteiger partial charge in [-0.1, -0.05) is 48.3 Å². The highest BCUT2D eigenvalue weighted by Gasteiger charge is 2.33. The van der Waals surface area contributed by atoms with Gasteiger partial charge in [0.15, 0.2) is 0 Å². The van der Waals surface area contributed by atoms with E-state index in [9.17, 15) is 13.2 Å². The van der Waals surface area contributed by atoms with Gasteiger partial charge in [0.05, 0.1) is 34.9 Å². The Balaban J connectivity index is 1.67. The van der Waals surface area contributed by atoms with Gasteiger partial charge >= 0.3 is 0 Å². The number of carbonyl (C=O) groups excluding carboxylic acids is 1. The third-order valence-corrected chi connectivity index (χ3v) is 8.58. The Bertz CT molecular complexity index is 1110. The molecule has 0 bridgehead atoms. The zero-order valence-corrected chi connectivity index (χ0v) is 21.4. The van der Waals surface area contributed by atoms with Gasteiger partial charge in [-0.05, 0) is 61.1 Å². The maximum atomic E-state index is 13.1. The summed E-state index contributed by atoms with van der Waals surface area (Å²) < 4.78 is 32.8. The van der Waals surface area contributed by atoms with Crippen LogP contribution in [0.1, 0.15) is 48.9 Å². The number of nitrogens with one attached hydrogen (secondary N) is 1. The van der Waals surface area contributed by atoms with E-state index >= 15 is 0 Å². The van der Waals surface area contributed by atoms with Crippen LogP contribution in [0.2, 0.25) is 10.0 Å². The summed E-state index contributed by atoms with van der Waals surface area (Å²) in [5, 5.41) is 3.82. The van der Waals surface area contributed by atoms with Gasteiger partial charge in [0.1, 0.15) is 5.75 Å². The standard InChI is InChI=1S/C24H30Cl2N2O4S/c1-4-22(18-8-10-23(32-3)16(2)12-18)27-24(29)19-6-5-11-28(14-19)33(30,31)15-17-7-9-20(25)21(26)13-17/h7-10,12-13,19,22H,4-6,11,14-15H2,1-3H3,(H,27,29)/t19-,22+/m1/s1. The SMILES string of the molecule is CC[C@H](NC(=O)[C@@H]1CCCN(S(=O)(=O)Cc2ccc(Cl)c(Cl)c2)C1)c1ccc(OC)c(C)c1. The number of aryl methyl sites for hydroxylation is 1. The number of hydrogen-bond acceptors (Lipinski definition) is 4. The Labute approximate surface area is 206 Å². The molecule has 2 atom stereocenters. The number of hydrogen-bond donors (Lipinski definition) is 1. The van der Waals surface area contributed by atoms with Crippen molar-refractivity contribution in [1.82, 2.24) is 9.62 Å². The number of methoxy groups -OCH3 is 1. The first kappa shape index (κ1) is 25.8. The van der Waals surface area contributed by atoms with Crippen molar-refractivity contribution in [2.75, 3.05) is 20.2 Å². The van der Waals surface area contributed by atoms with Crippen LogP contribution in [0.25, 0.3) is 0 Å². The molecule has 6 nitrogen and oxygen atoms in total. The van der Waals surface area contributed by atoms with Crippen LogP contribution in [0.15, 0.2) is 36.4 Å². The van der Waals surface area contributed by atoms with Crippen LogP contribution in [0.5, 0.6) is 5.75 Å². The minimum Gasteiger partial charge on any atom is -0.496 e. The first-order chi connectivity index (χ1) is 15.6. The fourth-order valence-corrected chi connectivity index (χ4v) is 6.09. The summed E-state index contributed by atoms with van der Waals surface area (Å²) in [5.41, 5.74) is 2.57. The summed E-state index contributed by atoms with van der Waals surface area (Å²) in [6.45, 7) is 4.56. The van der Waals surface area contributed by atoms with E-state index < -0.39 is 15.9 Å². The molecule has 2 aromatic rings. The number of amides is 1. The van der Waals surface area contributed by atoms with E-state index in [1.807, 2.05) is 32.0 Å². The van der Waals surface area contributed by atoms with Crippen molar-refractivity contribution in [3.63, 3.8) is 0 Å². The highest BCUT2D eigenvalue weighted by Crippen LogP contribution is 2.28. The number of sulfonamides is 1. The molecular weight excluding hydrogens is 483 g/mol. The predicted molar refractivity (Wildman–Crippen MR) is 132 cm³/mol. The van der Waals surface area contributed by atoms with Crippen molar-refractivity contribution >= 4 is 39.1 Å². The second-order valence-electron chi connectivity index (χ2n) is 8.40. The van der Waals surface area contributed by atoms with E-state index in [-0.39, 0.29) is 24.2 Å². The summed E-state index contributed by atoms with van der Waals surface area (Å²) >= 11 is 12.0. The van der Waals surface area contributed by atoms with Crippen LogP contribution in [0.3, 0.4) is 0 Å². The molecule has 0 spiro atoms. The molecule has 3 rings (SSSR count). The van der Waals surface area contributed by atoms with Gasteiger partial charge in [-0.25, -0.2) is 12.7 Å². The van der Waals surface area contributed by atoms with E-state index in [4.69, 9.17) is 27.9 Å². The fraction of sp³-hybridized carbons (Fsp3) is 0.458. The van der Waals surface area contributed by atoms with Gasteiger partial charge in [0.2, 0.25) is 15.9 Å². The van der Waals surface area contributed by atoms with Gasteiger partial charge in [-0.3, -0.25) is 4.79 Å². The molecule has 1 N–H and O–H groups in total. The van der Waals surface area contributed by atoms with Crippen molar-refractivity contribution in [3.05, 3.63) is 63.1 Å². The molecule has 1 saturated heterocycles. The van der Waals surface area contributed by atoms with Gasteiger partial charge in [-0.15, -0.1) is 0 Å². The van der Waals surface area contributed by atoms with E-state index in [2.05, 4.69) is 5.32 Å². The molecule has 1 amide bonds. The average molecular weight is 513 g/mol. The molecule has 0 unspecified atom stereocenters. The molecule has 33 heavy (non-hydrogen) atoms. The van der Waals surface area contributed by atoms with Crippen LogP contribution in [-0.4, -0.2) is 38.8 Å². The second-order valence-corrected chi connectivity index (χ2v) is 11.2. The maximum Gasteiger partial charge on any atom is 0.224 e. The molecule has 0 aliphatic carbocycles. The first-order valence-electron chi connectivity index (χ1n) is 11.0. The van der Waals surface area contributed by atoms with Crippen molar-refractivity contribution < 1.29 is 17.9 Å². The van der Waals surface area contributed by atoms with E-state index in [0.717, 1.165) is 23.3 Å². The quantitative estimate of drug-likeness (QED) is 0.532. The van der Waals surface area contributed by atoms with Crippen molar-refractivity contribution in [2.24, 2.45) is 5.92 Å². The third kappa shape index (κ3) is 6.41. The number of nitrogens with zero attached hydrogens (tertiary/aromatic N) is 1. The number of piperidine rings is 1. The largest absolute Gasteiger partial charge is 0.496 e. The Kier molecular flexibility index (Phi) is 8.67. The monoisotopic (exact) mass is 512 g/mol. The molecule has 0 aromatic heterocycles. The van der Waals surface area contributed by atoms with Crippen molar-refractivity contribution in [2.45, 2.75) is 44.9 Å². The smallest absolute Gasteiger partial charge is 0.224 e. The Morgan fingerprint density at radius 2 is 1.97 bits per heavy atom. The zero-order chi connectivity index (χ0) is 24.2. The molecule has 2 aromatic carbocycles. The Morgan fingerprint density at radius 1 is 1.21 bits per heavy atom. The van der Waals surface area contributed by atoms with Gasteiger partial charge in [0, 0.05) is 13.1 Å². The molecule has 1 fully saturated rings. The van der Waals surface area contributed by atoms with Crippen LogP contribution in [-0.2, 0) is 20.6 Å².